The van der Waals surface area contributed by atoms with Gasteiger partial charge in [-0.15, -0.1) is 11.3 Å². The average molecular weight is 227 g/mol. The van der Waals surface area contributed by atoms with Crippen LogP contribution in [0.2, 0.25) is 0 Å². The summed E-state index contributed by atoms with van der Waals surface area (Å²) in [6.07, 6.45) is 0. The van der Waals surface area contributed by atoms with E-state index >= 15 is 0 Å². The molecule has 15 heavy (non-hydrogen) atoms. The Bertz CT molecular complexity index is 348. The first-order valence-corrected chi connectivity index (χ1v) is 5.30. The molecule has 0 radical (unpaired) electrons. The Balaban J connectivity index is 2.43. The van der Waals surface area contributed by atoms with E-state index < -0.39 is 5.92 Å². The van der Waals surface area contributed by atoms with Gasteiger partial charge >= 0.3 is 0 Å². The SMILES string of the molecule is CC(C(=O)NCc1cccs1)C(N)=NO. The van der Waals surface area contributed by atoms with Gasteiger partial charge in [-0.1, -0.05) is 11.2 Å². The van der Waals surface area contributed by atoms with Crippen molar-refractivity contribution in [3.8, 4) is 0 Å². The number of nitrogens with two attached hydrogens (primary N) is 1. The second kappa shape index (κ2) is 5.35. The molecule has 1 amide bonds. The van der Waals surface area contributed by atoms with Crippen molar-refractivity contribution in [3.63, 3.8) is 0 Å². The first kappa shape index (κ1) is 11.5. The molecular formula is C9H13N3O2S. The molecule has 4 N–H and O–H groups in total. The van der Waals surface area contributed by atoms with Crippen LogP contribution in [0.1, 0.15) is 11.8 Å². The summed E-state index contributed by atoms with van der Waals surface area (Å²) in [5, 5.41) is 15.8. The van der Waals surface area contributed by atoms with Crippen LogP contribution < -0.4 is 11.1 Å². The molecule has 1 aromatic heterocycles. The Morgan fingerprint density at radius 2 is 2.53 bits per heavy atom. The summed E-state index contributed by atoms with van der Waals surface area (Å²) in [5.74, 6) is -0.952. The minimum atomic E-state index is -0.616. The van der Waals surface area contributed by atoms with Crippen LogP contribution in [0.4, 0.5) is 0 Å². The number of carbonyl (C=O) groups excluding carboxylic acids is 1. The zero-order chi connectivity index (χ0) is 11.3. The second-order valence-corrected chi connectivity index (χ2v) is 4.08. The van der Waals surface area contributed by atoms with Crippen LogP contribution in [-0.4, -0.2) is 17.0 Å². The minimum absolute atomic E-state index is 0.0846. The van der Waals surface area contributed by atoms with E-state index in [4.69, 9.17) is 10.9 Å². The fourth-order valence-corrected chi connectivity index (χ4v) is 1.61. The predicted octanol–water partition coefficient (Wildman–Crippen LogP) is 0.747. The fourth-order valence-electron chi connectivity index (χ4n) is 0.961. The number of nitrogens with one attached hydrogen (secondary N) is 1. The molecule has 0 spiro atoms. The number of hydrogen-bond donors (Lipinski definition) is 3. The highest BCUT2D eigenvalue weighted by molar-refractivity contribution is 7.09. The summed E-state index contributed by atoms with van der Waals surface area (Å²) < 4.78 is 0. The molecule has 1 rings (SSSR count). The molecule has 1 heterocycles. The van der Waals surface area contributed by atoms with Gasteiger partial charge in [0, 0.05) is 4.88 Å². The van der Waals surface area contributed by atoms with Crippen molar-refractivity contribution in [2.24, 2.45) is 16.8 Å². The van der Waals surface area contributed by atoms with E-state index in [9.17, 15) is 4.79 Å². The molecule has 82 valence electrons. The normalized spacial score (nSPS) is 13.5. The van der Waals surface area contributed by atoms with Gasteiger partial charge in [0.25, 0.3) is 0 Å². The molecular weight excluding hydrogens is 214 g/mol. The molecule has 1 atom stereocenters. The number of oxime groups is 1. The molecule has 0 aliphatic heterocycles. The van der Waals surface area contributed by atoms with Crippen LogP contribution in [0, 0.1) is 5.92 Å². The Labute approximate surface area is 91.6 Å². The van der Waals surface area contributed by atoms with Gasteiger partial charge in [-0.2, -0.15) is 0 Å². The zero-order valence-corrected chi connectivity index (χ0v) is 9.12. The molecule has 0 aromatic carbocycles. The van der Waals surface area contributed by atoms with Crippen molar-refractivity contribution in [2.75, 3.05) is 0 Å². The molecule has 6 heteroatoms. The third-order valence-corrected chi connectivity index (χ3v) is 2.85. The highest BCUT2D eigenvalue weighted by Gasteiger charge is 2.16. The lowest BCUT2D eigenvalue weighted by molar-refractivity contribution is -0.122. The number of nitrogens with zero attached hydrogens (tertiary/aromatic N) is 1. The van der Waals surface area contributed by atoms with Gasteiger partial charge in [0.05, 0.1) is 12.5 Å². The van der Waals surface area contributed by atoms with Crippen molar-refractivity contribution in [1.82, 2.24) is 5.32 Å². The van der Waals surface area contributed by atoms with Gasteiger partial charge in [0.2, 0.25) is 5.91 Å². The molecule has 1 unspecified atom stereocenters. The largest absolute Gasteiger partial charge is 0.409 e. The van der Waals surface area contributed by atoms with Crippen molar-refractivity contribution in [2.45, 2.75) is 13.5 Å². The van der Waals surface area contributed by atoms with E-state index in [1.54, 1.807) is 18.3 Å². The van der Waals surface area contributed by atoms with Gasteiger partial charge in [-0.25, -0.2) is 0 Å². The molecule has 0 saturated heterocycles. The average Bonchev–Trinajstić information content (AvgIpc) is 2.76. The molecule has 0 aliphatic carbocycles. The second-order valence-electron chi connectivity index (χ2n) is 3.04. The number of amides is 1. The lowest BCUT2D eigenvalue weighted by Gasteiger charge is -2.09. The lowest BCUT2D eigenvalue weighted by atomic mass is 10.1. The quantitative estimate of drug-likeness (QED) is 0.307. The van der Waals surface area contributed by atoms with E-state index in [1.165, 1.54) is 0 Å². The van der Waals surface area contributed by atoms with E-state index in [2.05, 4.69) is 10.5 Å². The van der Waals surface area contributed by atoms with Crippen LogP contribution in [0.15, 0.2) is 22.7 Å². The van der Waals surface area contributed by atoms with Crippen molar-refractivity contribution < 1.29 is 10.0 Å². The minimum Gasteiger partial charge on any atom is -0.409 e. The highest BCUT2D eigenvalue weighted by atomic mass is 32.1. The van der Waals surface area contributed by atoms with Crippen molar-refractivity contribution >= 4 is 23.1 Å². The Morgan fingerprint density at radius 1 is 1.80 bits per heavy atom. The Hall–Kier alpha value is -1.56. The number of amidine groups is 1. The molecule has 5 nitrogen and oxygen atoms in total. The first-order valence-electron chi connectivity index (χ1n) is 4.42. The summed E-state index contributed by atoms with van der Waals surface area (Å²) in [6, 6.07) is 3.85. The molecule has 0 fully saturated rings. The topological polar surface area (TPSA) is 87.7 Å². The molecule has 0 bridgehead atoms. The number of hydrogen-bond acceptors (Lipinski definition) is 4. The third kappa shape index (κ3) is 3.25. The Kier molecular flexibility index (Phi) is 4.11. The van der Waals surface area contributed by atoms with Crippen LogP contribution >= 0.6 is 11.3 Å². The van der Waals surface area contributed by atoms with Gasteiger partial charge in [0.15, 0.2) is 5.84 Å². The highest BCUT2D eigenvalue weighted by Crippen LogP contribution is 2.07. The van der Waals surface area contributed by atoms with Crippen molar-refractivity contribution in [3.05, 3.63) is 22.4 Å². The van der Waals surface area contributed by atoms with Crippen LogP contribution in [0.3, 0.4) is 0 Å². The number of thiophene rings is 1. The summed E-state index contributed by atoms with van der Waals surface area (Å²) in [6.45, 7) is 2.05. The van der Waals surface area contributed by atoms with Gasteiger partial charge < -0.3 is 16.3 Å². The van der Waals surface area contributed by atoms with Crippen LogP contribution in [0.25, 0.3) is 0 Å². The molecule has 1 aromatic rings. The maximum absolute atomic E-state index is 11.5. The maximum Gasteiger partial charge on any atom is 0.230 e. The summed E-state index contributed by atoms with van der Waals surface area (Å²) >= 11 is 1.57. The monoisotopic (exact) mass is 227 g/mol. The third-order valence-electron chi connectivity index (χ3n) is 1.97. The van der Waals surface area contributed by atoms with Crippen LogP contribution in [-0.2, 0) is 11.3 Å². The van der Waals surface area contributed by atoms with Crippen molar-refractivity contribution in [1.29, 1.82) is 0 Å². The van der Waals surface area contributed by atoms with Gasteiger partial charge in [0.1, 0.15) is 0 Å². The number of carbonyl (C=O) groups is 1. The standard InChI is InChI=1S/C9H13N3O2S/c1-6(8(10)12-14)9(13)11-5-7-3-2-4-15-7/h2-4,6,14H,5H2,1H3,(H2,10,12)(H,11,13). The fraction of sp³-hybridized carbons (Fsp3) is 0.333. The van der Waals surface area contributed by atoms with Gasteiger partial charge in [-0.3, -0.25) is 4.79 Å². The van der Waals surface area contributed by atoms with E-state index in [0.29, 0.717) is 6.54 Å². The lowest BCUT2D eigenvalue weighted by Crippen LogP contribution is -2.36. The smallest absolute Gasteiger partial charge is 0.230 e. The van der Waals surface area contributed by atoms with Gasteiger partial charge in [-0.05, 0) is 18.4 Å². The maximum atomic E-state index is 11.5. The predicted molar refractivity (Wildman–Crippen MR) is 58.7 cm³/mol. The Morgan fingerprint density at radius 3 is 3.07 bits per heavy atom. The summed E-state index contributed by atoms with van der Waals surface area (Å²) in [5.41, 5.74) is 5.31. The summed E-state index contributed by atoms with van der Waals surface area (Å²) in [4.78, 5) is 12.5. The molecule has 0 saturated carbocycles. The number of rotatable bonds is 4. The van der Waals surface area contributed by atoms with E-state index in [0.717, 1.165) is 4.88 Å². The van der Waals surface area contributed by atoms with E-state index in [-0.39, 0.29) is 11.7 Å². The summed E-state index contributed by atoms with van der Waals surface area (Å²) in [7, 11) is 0. The van der Waals surface area contributed by atoms with E-state index in [1.807, 2.05) is 17.5 Å². The zero-order valence-electron chi connectivity index (χ0n) is 8.30. The van der Waals surface area contributed by atoms with Crippen LogP contribution in [0.5, 0.6) is 0 Å². The molecule has 0 aliphatic rings. The first-order chi connectivity index (χ1) is 7.15.